The second-order valence-electron chi connectivity index (χ2n) is 5.37. The molecule has 1 amide bonds. The number of carbonyl (C=O) groups excluding carboxylic acids is 1. The minimum absolute atomic E-state index is 0. The Kier molecular flexibility index (Phi) is 5.83. The van der Waals surface area contributed by atoms with Crippen molar-refractivity contribution in [1.82, 2.24) is 5.32 Å². The molecule has 0 saturated heterocycles. The van der Waals surface area contributed by atoms with Crippen LogP contribution in [0.3, 0.4) is 0 Å². The molecule has 2 rings (SSSR count). The number of hydrogen-bond acceptors (Lipinski definition) is 3. The molecule has 0 bridgehead atoms. The fourth-order valence-corrected chi connectivity index (χ4v) is 3.77. The van der Waals surface area contributed by atoms with Gasteiger partial charge in [-0.15, -0.1) is 23.7 Å². The SMILES string of the molecule is Cc1cc(C(C)NC(=O)C2CCC(N)C2)c(C)s1.Cl. The highest BCUT2D eigenvalue weighted by Crippen LogP contribution is 2.28. The van der Waals surface area contributed by atoms with Gasteiger partial charge in [-0.2, -0.15) is 0 Å². The van der Waals surface area contributed by atoms with Crippen LogP contribution in [0, 0.1) is 19.8 Å². The van der Waals surface area contributed by atoms with E-state index in [2.05, 4.69) is 32.2 Å². The summed E-state index contributed by atoms with van der Waals surface area (Å²) in [7, 11) is 0. The molecule has 0 aromatic carbocycles. The zero-order valence-corrected chi connectivity index (χ0v) is 13.4. The van der Waals surface area contributed by atoms with E-state index in [0.717, 1.165) is 19.3 Å². The van der Waals surface area contributed by atoms with E-state index >= 15 is 0 Å². The number of nitrogens with two attached hydrogens (primary N) is 1. The molecule has 1 aliphatic carbocycles. The summed E-state index contributed by atoms with van der Waals surface area (Å²) in [6, 6.07) is 2.48. The molecule has 5 heteroatoms. The molecule has 3 nitrogen and oxygen atoms in total. The minimum atomic E-state index is 0. The molecular formula is C14H23ClN2OS. The summed E-state index contributed by atoms with van der Waals surface area (Å²) in [5.41, 5.74) is 7.10. The monoisotopic (exact) mass is 302 g/mol. The Labute approximate surface area is 125 Å². The molecular weight excluding hydrogens is 280 g/mol. The van der Waals surface area contributed by atoms with E-state index < -0.39 is 0 Å². The lowest BCUT2D eigenvalue weighted by molar-refractivity contribution is -0.125. The van der Waals surface area contributed by atoms with E-state index in [1.807, 2.05) is 0 Å². The van der Waals surface area contributed by atoms with E-state index in [-0.39, 0.29) is 36.3 Å². The van der Waals surface area contributed by atoms with Gasteiger partial charge in [0.15, 0.2) is 0 Å². The number of nitrogens with one attached hydrogen (secondary N) is 1. The van der Waals surface area contributed by atoms with Gasteiger partial charge in [-0.3, -0.25) is 4.79 Å². The molecule has 3 unspecified atom stereocenters. The highest BCUT2D eigenvalue weighted by atomic mass is 35.5. The van der Waals surface area contributed by atoms with Crippen LogP contribution in [0.15, 0.2) is 6.07 Å². The summed E-state index contributed by atoms with van der Waals surface area (Å²) in [5, 5.41) is 3.12. The second kappa shape index (κ2) is 6.73. The quantitative estimate of drug-likeness (QED) is 0.901. The topological polar surface area (TPSA) is 55.1 Å². The summed E-state index contributed by atoms with van der Waals surface area (Å²) < 4.78 is 0. The van der Waals surface area contributed by atoms with Gasteiger partial charge in [0.1, 0.15) is 0 Å². The standard InChI is InChI=1S/C14H22N2OS.ClH/c1-8-6-13(10(3)18-8)9(2)16-14(17)11-4-5-12(15)7-11;/h6,9,11-12H,4-5,7,15H2,1-3H3,(H,16,17);1H. The molecule has 0 spiro atoms. The number of aryl methyl sites for hydroxylation is 2. The van der Waals surface area contributed by atoms with Crippen LogP contribution in [0.5, 0.6) is 0 Å². The maximum atomic E-state index is 12.1. The zero-order chi connectivity index (χ0) is 13.3. The van der Waals surface area contributed by atoms with Gasteiger partial charge in [0.25, 0.3) is 0 Å². The number of rotatable bonds is 3. The first-order valence-corrected chi connectivity index (χ1v) is 7.42. The molecule has 108 valence electrons. The first kappa shape index (κ1) is 16.5. The van der Waals surface area contributed by atoms with Gasteiger partial charge in [0.05, 0.1) is 6.04 Å². The van der Waals surface area contributed by atoms with Crippen LogP contribution in [0.25, 0.3) is 0 Å². The third-order valence-electron chi connectivity index (χ3n) is 3.75. The van der Waals surface area contributed by atoms with Crippen molar-refractivity contribution in [2.45, 2.75) is 52.1 Å². The molecule has 1 heterocycles. The van der Waals surface area contributed by atoms with Crippen molar-refractivity contribution in [3.05, 3.63) is 21.4 Å². The largest absolute Gasteiger partial charge is 0.349 e. The average molecular weight is 303 g/mol. The lowest BCUT2D eigenvalue weighted by Crippen LogP contribution is -2.32. The van der Waals surface area contributed by atoms with E-state index in [1.165, 1.54) is 15.3 Å². The van der Waals surface area contributed by atoms with E-state index in [4.69, 9.17) is 5.73 Å². The molecule has 19 heavy (non-hydrogen) atoms. The summed E-state index contributed by atoms with van der Waals surface area (Å²) in [6.45, 7) is 6.27. The summed E-state index contributed by atoms with van der Waals surface area (Å²) in [4.78, 5) is 14.7. The molecule has 0 aliphatic heterocycles. The van der Waals surface area contributed by atoms with Gasteiger partial charge < -0.3 is 11.1 Å². The van der Waals surface area contributed by atoms with Crippen LogP contribution in [0.1, 0.15) is 47.5 Å². The van der Waals surface area contributed by atoms with Crippen molar-refractivity contribution in [3.63, 3.8) is 0 Å². The number of hydrogen-bond donors (Lipinski definition) is 2. The van der Waals surface area contributed by atoms with Crippen LogP contribution in [0.4, 0.5) is 0 Å². The Morgan fingerprint density at radius 2 is 2.16 bits per heavy atom. The fraction of sp³-hybridized carbons (Fsp3) is 0.643. The van der Waals surface area contributed by atoms with E-state index in [0.29, 0.717) is 0 Å². The summed E-state index contributed by atoms with van der Waals surface area (Å²) >= 11 is 1.79. The van der Waals surface area contributed by atoms with Gasteiger partial charge in [0.2, 0.25) is 5.91 Å². The van der Waals surface area contributed by atoms with Crippen molar-refractivity contribution in [2.75, 3.05) is 0 Å². The van der Waals surface area contributed by atoms with Crippen LogP contribution in [0.2, 0.25) is 0 Å². The predicted molar refractivity (Wildman–Crippen MR) is 82.9 cm³/mol. The molecule has 1 aliphatic rings. The Balaban J connectivity index is 0.00000180. The summed E-state index contributed by atoms with van der Waals surface area (Å²) in [6.07, 6.45) is 2.74. The predicted octanol–water partition coefficient (Wildman–Crippen LogP) is 3.09. The zero-order valence-electron chi connectivity index (χ0n) is 11.7. The molecule has 3 N–H and O–H groups in total. The van der Waals surface area contributed by atoms with E-state index in [9.17, 15) is 4.79 Å². The van der Waals surface area contributed by atoms with Crippen LogP contribution >= 0.6 is 23.7 Å². The fourth-order valence-electron chi connectivity index (χ4n) is 2.74. The van der Waals surface area contributed by atoms with E-state index in [1.54, 1.807) is 11.3 Å². The molecule has 1 fully saturated rings. The van der Waals surface area contributed by atoms with Gasteiger partial charge in [0, 0.05) is 21.7 Å². The van der Waals surface area contributed by atoms with Crippen molar-refractivity contribution < 1.29 is 4.79 Å². The highest BCUT2D eigenvalue weighted by molar-refractivity contribution is 7.12. The molecule has 0 radical (unpaired) electrons. The van der Waals surface area contributed by atoms with Gasteiger partial charge >= 0.3 is 0 Å². The molecule has 1 saturated carbocycles. The third kappa shape index (κ3) is 3.94. The number of thiophene rings is 1. The van der Waals surface area contributed by atoms with Crippen molar-refractivity contribution in [1.29, 1.82) is 0 Å². The average Bonchev–Trinajstić information content (AvgIpc) is 2.84. The second-order valence-corrected chi connectivity index (χ2v) is 6.83. The van der Waals surface area contributed by atoms with Crippen LogP contribution in [-0.4, -0.2) is 11.9 Å². The number of carbonyl (C=O) groups is 1. The number of amides is 1. The van der Waals surface area contributed by atoms with Gasteiger partial charge in [-0.1, -0.05) is 0 Å². The Bertz CT molecular complexity index is 447. The Morgan fingerprint density at radius 3 is 2.63 bits per heavy atom. The highest BCUT2D eigenvalue weighted by Gasteiger charge is 2.28. The maximum Gasteiger partial charge on any atom is 0.223 e. The molecule has 3 atom stereocenters. The van der Waals surface area contributed by atoms with Gasteiger partial charge in [-0.05, 0) is 51.7 Å². The first-order valence-electron chi connectivity index (χ1n) is 6.60. The molecule has 1 aromatic rings. The van der Waals surface area contributed by atoms with Crippen molar-refractivity contribution in [3.8, 4) is 0 Å². The Morgan fingerprint density at radius 1 is 1.47 bits per heavy atom. The lowest BCUT2D eigenvalue weighted by Gasteiger charge is -2.17. The van der Waals surface area contributed by atoms with Crippen molar-refractivity contribution >= 4 is 29.7 Å². The third-order valence-corrected chi connectivity index (χ3v) is 4.73. The first-order chi connectivity index (χ1) is 8.47. The van der Waals surface area contributed by atoms with Crippen molar-refractivity contribution in [2.24, 2.45) is 11.7 Å². The summed E-state index contributed by atoms with van der Waals surface area (Å²) in [5.74, 6) is 0.279. The van der Waals surface area contributed by atoms with Crippen LogP contribution in [-0.2, 0) is 4.79 Å². The van der Waals surface area contributed by atoms with Crippen LogP contribution < -0.4 is 11.1 Å². The minimum Gasteiger partial charge on any atom is -0.349 e. The Hall–Kier alpha value is -0.580. The smallest absolute Gasteiger partial charge is 0.223 e. The van der Waals surface area contributed by atoms with Gasteiger partial charge in [-0.25, -0.2) is 0 Å². The maximum absolute atomic E-state index is 12.1. The molecule has 1 aromatic heterocycles. The normalized spacial score (nSPS) is 23.8. The number of halogens is 1. The lowest BCUT2D eigenvalue weighted by atomic mass is 10.0.